The first kappa shape index (κ1) is 13.1. The maximum Gasteiger partial charge on any atom is 0.335 e. The number of aromatic carboxylic acids is 1. The first-order valence-electron chi connectivity index (χ1n) is 5.71. The molecule has 0 unspecified atom stereocenters. The largest absolute Gasteiger partial charge is 0.496 e. The van der Waals surface area contributed by atoms with E-state index in [4.69, 9.17) is 9.84 Å². The Labute approximate surface area is 110 Å². The van der Waals surface area contributed by atoms with E-state index in [9.17, 15) is 9.18 Å². The maximum atomic E-state index is 13.4. The normalized spacial score (nSPS) is 10.3. The second-order valence-corrected chi connectivity index (χ2v) is 4.18. The Hall–Kier alpha value is -2.36. The second-order valence-electron chi connectivity index (χ2n) is 4.18. The Bertz CT molecular complexity index is 635. The van der Waals surface area contributed by atoms with Crippen molar-refractivity contribution in [1.82, 2.24) is 0 Å². The summed E-state index contributed by atoms with van der Waals surface area (Å²) in [7, 11) is 1.51. The van der Waals surface area contributed by atoms with E-state index in [0.29, 0.717) is 11.3 Å². The molecule has 2 aromatic carbocycles. The van der Waals surface area contributed by atoms with Gasteiger partial charge in [-0.15, -0.1) is 0 Å². The third-order valence-electron chi connectivity index (χ3n) is 2.93. The van der Waals surface area contributed by atoms with Crippen LogP contribution in [0.25, 0.3) is 11.1 Å². The van der Waals surface area contributed by atoms with Gasteiger partial charge in [-0.05, 0) is 48.4 Å². The number of hydrogen-bond acceptors (Lipinski definition) is 2. The van der Waals surface area contributed by atoms with E-state index >= 15 is 0 Å². The van der Waals surface area contributed by atoms with Crippen molar-refractivity contribution in [3.8, 4) is 16.9 Å². The summed E-state index contributed by atoms with van der Waals surface area (Å²) >= 11 is 0. The summed E-state index contributed by atoms with van der Waals surface area (Å²) in [6, 6.07) is 8.97. The molecular weight excluding hydrogens is 247 g/mol. The summed E-state index contributed by atoms with van der Waals surface area (Å²) in [5, 5.41) is 8.93. The third kappa shape index (κ3) is 2.57. The number of carbonyl (C=O) groups is 1. The maximum absolute atomic E-state index is 13.4. The molecule has 0 saturated heterocycles. The molecule has 0 bridgehead atoms. The minimum absolute atomic E-state index is 0.205. The Morgan fingerprint density at radius 3 is 2.47 bits per heavy atom. The van der Waals surface area contributed by atoms with E-state index in [1.54, 1.807) is 25.1 Å². The summed E-state index contributed by atoms with van der Waals surface area (Å²) in [5.74, 6) is -0.800. The van der Waals surface area contributed by atoms with Crippen molar-refractivity contribution in [2.75, 3.05) is 7.11 Å². The zero-order valence-electron chi connectivity index (χ0n) is 10.6. The average molecular weight is 260 g/mol. The number of rotatable bonds is 3. The van der Waals surface area contributed by atoms with Crippen molar-refractivity contribution >= 4 is 5.97 Å². The molecule has 0 spiro atoms. The van der Waals surface area contributed by atoms with E-state index in [1.807, 2.05) is 0 Å². The average Bonchev–Trinajstić information content (AvgIpc) is 2.38. The van der Waals surface area contributed by atoms with Crippen molar-refractivity contribution in [3.05, 3.63) is 53.3 Å². The molecule has 0 aliphatic heterocycles. The molecule has 0 amide bonds. The zero-order chi connectivity index (χ0) is 14.0. The molecule has 2 rings (SSSR count). The van der Waals surface area contributed by atoms with Gasteiger partial charge in [0.15, 0.2) is 0 Å². The predicted molar refractivity (Wildman–Crippen MR) is 70.1 cm³/mol. The Kier molecular flexibility index (Phi) is 3.51. The fourth-order valence-corrected chi connectivity index (χ4v) is 1.99. The SMILES string of the molecule is COc1ccc(F)cc1-c1ccc(C(=O)O)cc1C. The molecule has 4 heteroatoms. The highest BCUT2D eigenvalue weighted by molar-refractivity contribution is 5.89. The lowest BCUT2D eigenvalue weighted by atomic mass is 9.97. The van der Waals surface area contributed by atoms with Gasteiger partial charge < -0.3 is 9.84 Å². The summed E-state index contributed by atoms with van der Waals surface area (Å²) in [5.41, 5.74) is 2.32. The van der Waals surface area contributed by atoms with Crippen LogP contribution >= 0.6 is 0 Å². The van der Waals surface area contributed by atoms with Gasteiger partial charge in [0, 0.05) is 5.56 Å². The van der Waals surface area contributed by atoms with Crippen LogP contribution in [-0.2, 0) is 0 Å². The summed E-state index contributed by atoms with van der Waals surface area (Å²) in [6.07, 6.45) is 0. The molecule has 0 radical (unpaired) electrons. The highest BCUT2D eigenvalue weighted by Gasteiger charge is 2.12. The summed E-state index contributed by atoms with van der Waals surface area (Å²) in [6.45, 7) is 1.78. The molecule has 19 heavy (non-hydrogen) atoms. The monoisotopic (exact) mass is 260 g/mol. The van der Waals surface area contributed by atoms with E-state index in [0.717, 1.165) is 11.1 Å². The van der Waals surface area contributed by atoms with Crippen molar-refractivity contribution < 1.29 is 19.0 Å². The number of carboxylic acids is 1. The summed E-state index contributed by atoms with van der Waals surface area (Å²) in [4.78, 5) is 10.9. The number of benzene rings is 2. The van der Waals surface area contributed by atoms with E-state index in [1.165, 1.54) is 25.3 Å². The lowest BCUT2D eigenvalue weighted by Gasteiger charge is -2.11. The van der Waals surface area contributed by atoms with Gasteiger partial charge in [0.1, 0.15) is 11.6 Å². The van der Waals surface area contributed by atoms with Gasteiger partial charge in [-0.1, -0.05) is 6.07 Å². The van der Waals surface area contributed by atoms with Crippen molar-refractivity contribution in [3.63, 3.8) is 0 Å². The van der Waals surface area contributed by atoms with Gasteiger partial charge in [0.05, 0.1) is 12.7 Å². The van der Waals surface area contributed by atoms with Crippen molar-refractivity contribution in [1.29, 1.82) is 0 Å². The van der Waals surface area contributed by atoms with Crippen LogP contribution in [0.3, 0.4) is 0 Å². The van der Waals surface area contributed by atoms with Crippen molar-refractivity contribution in [2.24, 2.45) is 0 Å². The molecule has 0 aliphatic carbocycles. The van der Waals surface area contributed by atoms with Crippen LogP contribution in [-0.4, -0.2) is 18.2 Å². The molecule has 0 aromatic heterocycles. The van der Waals surface area contributed by atoms with Gasteiger partial charge in [-0.25, -0.2) is 9.18 Å². The quantitative estimate of drug-likeness (QED) is 0.918. The van der Waals surface area contributed by atoms with E-state index in [2.05, 4.69) is 0 Å². The molecule has 0 fully saturated rings. The van der Waals surface area contributed by atoms with Gasteiger partial charge in [-0.3, -0.25) is 0 Å². The van der Waals surface area contributed by atoms with Crippen LogP contribution < -0.4 is 4.74 Å². The van der Waals surface area contributed by atoms with Crippen LogP contribution in [0.15, 0.2) is 36.4 Å². The minimum atomic E-state index is -0.985. The number of ether oxygens (including phenoxy) is 1. The van der Waals surface area contributed by atoms with Crippen molar-refractivity contribution in [2.45, 2.75) is 6.92 Å². The van der Waals surface area contributed by atoms with Crippen LogP contribution in [0.5, 0.6) is 5.75 Å². The molecule has 1 N–H and O–H groups in total. The number of aryl methyl sites for hydroxylation is 1. The Morgan fingerprint density at radius 2 is 1.89 bits per heavy atom. The van der Waals surface area contributed by atoms with Gasteiger partial charge >= 0.3 is 5.97 Å². The highest BCUT2D eigenvalue weighted by atomic mass is 19.1. The number of carboxylic acid groups (broad SMARTS) is 1. The molecule has 2 aromatic rings. The molecule has 98 valence electrons. The summed E-state index contributed by atoms with van der Waals surface area (Å²) < 4.78 is 18.6. The molecule has 0 heterocycles. The van der Waals surface area contributed by atoms with Gasteiger partial charge in [0.2, 0.25) is 0 Å². The standard InChI is InChI=1S/C15H13FO3/c1-9-7-10(15(17)18)3-5-12(9)13-8-11(16)4-6-14(13)19-2/h3-8H,1-2H3,(H,17,18). The predicted octanol–water partition coefficient (Wildman–Crippen LogP) is 3.51. The topological polar surface area (TPSA) is 46.5 Å². The Balaban J connectivity index is 2.59. The molecule has 0 saturated carbocycles. The second kappa shape index (κ2) is 5.10. The highest BCUT2D eigenvalue weighted by Crippen LogP contribution is 2.33. The van der Waals surface area contributed by atoms with Crippen LogP contribution in [0.2, 0.25) is 0 Å². The van der Waals surface area contributed by atoms with Gasteiger partial charge in [0.25, 0.3) is 0 Å². The first-order chi connectivity index (χ1) is 9.02. The molecule has 3 nitrogen and oxygen atoms in total. The molecule has 0 atom stereocenters. The van der Waals surface area contributed by atoms with Crippen LogP contribution in [0, 0.1) is 12.7 Å². The van der Waals surface area contributed by atoms with E-state index < -0.39 is 5.97 Å². The fraction of sp³-hybridized carbons (Fsp3) is 0.133. The molecular formula is C15H13FO3. The number of methoxy groups -OCH3 is 1. The smallest absolute Gasteiger partial charge is 0.335 e. The number of hydrogen-bond donors (Lipinski definition) is 1. The fourth-order valence-electron chi connectivity index (χ4n) is 1.99. The lowest BCUT2D eigenvalue weighted by molar-refractivity contribution is 0.0697. The first-order valence-corrected chi connectivity index (χ1v) is 5.71. The molecule has 0 aliphatic rings. The minimum Gasteiger partial charge on any atom is -0.496 e. The van der Waals surface area contributed by atoms with E-state index in [-0.39, 0.29) is 11.4 Å². The number of halogens is 1. The zero-order valence-corrected chi connectivity index (χ0v) is 10.6. The lowest BCUT2D eigenvalue weighted by Crippen LogP contribution is -1.98. The van der Waals surface area contributed by atoms with Gasteiger partial charge in [-0.2, -0.15) is 0 Å². The third-order valence-corrected chi connectivity index (χ3v) is 2.93. The van der Waals surface area contributed by atoms with Crippen LogP contribution in [0.4, 0.5) is 4.39 Å². The van der Waals surface area contributed by atoms with Crippen LogP contribution in [0.1, 0.15) is 15.9 Å². The Morgan fingerprint density at radius 1 is 1.16 bits per heavy atom.